The van der Waals surface area contributed by atoms with Crippen molar-refractivity contribution in [3.05, 3.63) is 41.7 Å². The molecule has 0 atom stereocenters. The van der Waals surface area contributed by atoms with E-state index >= 15 is 0 Å². The highest BCUT2D eigenvalue weighted by Gasteiger charge is 2.07. The molecule has 2 rings (SSSR count). The van der Waals surface area contributed by atoms with E-state index in [4.69, 9.17) is 4.42 Å². The molecule has 0 amide bonds. The Labute approximate surface area is 85.2 Å². The molecule has 0 radical (unpaired) electrons. The molecular formula is C12H13BO. The lowest BCUT2D eigenvalue weighted by atomic mass is 9.94. The number of hydrogen-bond donors (Lipinski definition) is 0. The lowest BCUT2D eigenvalue weighted by molar-refractivity contribution is 0.579. The van der Waals surface area contributed by atoms with Gasteiger partial charge in [0, 0.05) is 5.56 Å². The van der Waals surface area contributed by atoms with Crippen LogP contribution >= 0.6 is 0 Å². The van der Waals surface area contributed by atoms with Gasteiger partial charge in [-0.25, -0.2) is 0 Å². The summed E-state index contributed by atoms with van der Waals surface area (Å²) in [6, 6.07) is 8.40. The van der Waals surface area contributed by atoms with E-state index < -0.39 is 0 Å². The third kappa shape index (κ3) is 1.48. The van der Waals surface area contributed by atoms with Crippen LogP contribution < -0.4 is 5.46 Å². The summed E-state index contributed by atoms with van der Waals surface area (Å²) >= 11 is 0. The van der Waals surface area contributed by atoms with Gasteiger partial charge in [-0.3, -0.25) is 0 Å². The summed E-state index contributed by atoms with van der Waals surface area (Å²) in [4.78, 5) is 0. The van der Waals surface area contributed by atoms with Crippen LogP contribution in [0.1, 0.15) is 11.1 Å². The van der Waals surface area contributed by atoms with Crippen LogP contribution in [0.4, 0.5) is 0 Å². The number of furan rings is 1. The Balaban J connectivity index is 2.49. The zero-order valence-corrected chi connectivity index (χ0v) is 8.79. The van der Waals surface area contributed by atoms with Crippen molar-refractivity contribution in [3.63, 3.8) is 0 Å². The van der Waals surface area contributed by atoms with Gasteiger partial charge in [-0.1, -0.05) is 29.7 Å². The van der Waals surface area contributed by atoms with Crippen LogP contribution in [0.2, 0.25) is 0 Å². The summed E-state index contributed by atoms with van der Waals surface area (Å²) in [5, 5.41) is 0. The minimum absolute atomic E-state index is 0.988. The summed E-state index contributed by atoms with van der Waals surface area (Å²) in [7, 11) is 2.09. The minimum atomic E-state index is 0.988. The molecule has 1 aromatic carbocycles. The van der Waals surface area contributed by atoms with Crippen LogP contribution in [0.15, 0.2) is 34.9 Å². The number of aryl methyl sites for hydroxylation is 1. The van der Waals surface area contributed by atoms with Gasteiger partial charge in [-0.15, -0.1) is 0 Å². The van der Waals surface area contributed by atoms with E-state index in [1.54, 1.807) is 0 Å². The van der Waals surface area contributed by atoms with E-state index in [-0.39, 0.29) is 0 Å². The molecule has 70 valence electrons. The van der Waals surface area contributed by atoms with Gasteiger partial charge in [0.15, 0.2) is 0 Å². The van der Waals surface area contributed by atoms with E-state index in [1.807, 2.05) is 6.26 Å². The van der Waals surface area contributed by atoms with E-state index in [9.17, 15) is 0 Å². The molecule has 0 aliphatic rings. The van der Waals surface area contributed by atoms with Crippen LogP contribution in [0.25, 0.3) is 11.3 Å². The maximum atomic E-state index is 5.52. The molecule has 1 heterocycles. The predicted octanol–water partition coefficient (Wildman–Crippen LogP) is 1.82. The average molecular weight is 184 g/mol. The molecule has 0 unspecified atom stereocenters. The smallest absolute Gasteiger partial charge is 0.139 e. The van der Waals surface area contributed by atoms with Crippen molar-refractivity contribution in [2.45, 2.75) is 13.8 Å². The maximum absolute atomic E-state index is 5.52. The molecule has 1 nitrogen and oxygen atoms in total. The molecule has 0 fully saturated rings. The molecule has 0 aliphatic heterocycles. The van der Waals surface area contributed by atoms with E-state index in [0.29, 0.717) is 0 Å². The molecular weight excluding hydrogens is 171 g/mol. The van der Waals surface area contributed by atoms with Crippen molar-refractivity contribution in [1.29, 1.82) is 0 Å². The zero-order valence-electron chi connectivity index (χ0n) is 8.79. The first-order chi connectivity index (χ1) is 6.68. The Kier molecular flexibility index (Phi) is 2.20. The minimum Gasteiger partial charge on any atom is -0.464 e. The van der Waals surface area contributed by atoms with Crippen molar-refractivity contribution >= 4 is 13.3 Å². The van der Waals surface area contributed by atoms with Crippen LogP contribution in [-0.2, 0) is 0 Å². The first-order valence-electron chi connectivity index (χ1n) is 4.80. The number of rotatable bonds is 1. The fourth-order valence-electron chi connectivity index (χ4n) is 1.49. The molecule has 0 N–H and O–H groups in total. The second kappa shape index (κ2) is 3.37. The van der Waals surface area contributed by atoms with Gasteiger partial charge in [-0.05, 0) is 25.0 Å². The number of benzene rings is 1. The third-order valence-corrected chi connectivity index (χ3v) is 2.60. The van der Waals surface area contributed by atoms with Crippen molar-refractivity contribution in [1.82, 2.24) is 0 Å². The van der Waals surface area contributed by atoms with Gasteiger partial charge < -0.3 is 4.42 Å². The van der Waals surface area contributed by atoms with E-state index in [2.05, 4.69) is 46.0 Å². The molecule has 14 heavy (non-hydrogen) atoms. The summed E-state index contributed by atoms with van der Waals surface area (Å²) in [6.45, 7) is 4.16. The highest BCUT2D eigenvalue weighted by Crippen LogP contribution is 2.26. The average Bonchev–Trinajstić information content (AvgIpc) is 2.50. The maximum Gasteiger partial charge on any atom is 0.139 e. The van der Waals surface area contributed by atoms with Gasteiger partial charge in [0.05, 0.1) is 6.26 Å². The molecule has 2 aromatic rings. The largest absolute Gasteiger partial charge is 0.464 e. The standard InChI is InChI=1S/C12H13BO/c1-8-7-14-12(9(8)2)10-3-5-11(13)6-4-10/h3-7H,13H2,1-2H3. The quantitative estimate of drug-likeness (QED) is 0.616. The molecule has 2 heteroatoms. The first-order valence-corrected chi connectivity index (χ1v) is 4.80. The topological polar surface area (TPSA) is 13.1 Å². The molecule has 0 bridgehead atoms. The first kappa shape index (κ1) is 9.13. The fraction of sp³-hybridized carbons (Fsp3) is 0.167. The normalized spacial score (nSPS) is 10.4. The lowest BCUT2D eigenvalue weighted by Crippen LogP contribution is -1.99. The summed E-state index contributed by atoms with van der Waals surface area (Å²) in [5.41, 5.74) is 4.87. The summed E-state index contributed by atoms with van der Waals surface area (Å²) < 4.78 is 5.52. The second-order valence-electron chi connectivity index (χ2n) is 3.74. The molecule has 0 spiro atoms. The molecule has 0 saturated heterocycles. The highest BCUT2D eigenvalue weighted by molar-refractivity contribution is 6.32. The van der Waals surface area contributed by atoms with Gasteiger partial charge in [-0.2, -0.15) is 0 Å². The SMILES string of the molecule is Bc1ccc(-c2occ(C)c2C)cc1. The Morgan fingerprint density at radius 2 is 1.71 bits per heavy atom. The highest BCUT2D eigenvalue weighted by atomic mass is 16.3. The fourth-order valence-corrected chi connectivity index (χ4v) is 1.49. The summed E-state index contributed by atoms with van der Waals surface area (Å²) in [5.74, 6) is 0.988. The molecule has 0 aliphatic carbocycles. The predicted molar refractivity (Wildman–Crippen MR) is 61.8 cm³/mol. The van der Waals surface area contributed by atoms with E-state index in [1.165, 1.54) is 16.6 Å². The Morgan fingerprint density at radius 1 is 1.07 bits per heavy atom. The van der Waals surface area contributed by atoms with Crippen LogP contribution in [0.5, 0.6) is 0 Å². The van der Waals surface area contributed by atoms with Crippen LogP contribution in [0.3, 0.4) is 0 Å². The van der Waals surface area contributed by atoms with Crippen molar-refractivity contribution in [2.24, 2.45) is 0 Å². The van der Waals surface area contributed by atoms with E-state index in [0.717, 1.165) is 11.3 Å². The Hall–Kier alpha value is -1.44. The molecule has 1 aromatic heterocycles. The van der Waals surface area contributed by atoms with Gasteiger partial charge in [0.25, 0.3) is 0 Å². The van der Waals surface area contributed by atoms with Crippen molar-refractivity contribution in [2.75, 3.05) is 0 Å². The lowest BCUT2D eigenvalue weighted by Gasteiger charge is -1.99. The van der Waals surface area contributed by atoms with Gasteiger partial charge in [0.2, 0.25) is 0 Å². The second-order valence-corrected chi connectivity index (χ2v) is 3.74. The van der Waals surface area contributed by atoms with Gasteiger partial charge >= 0.3 is 0 Å². The third-order valence-electron chi connectivity index (χ3n) is 2.60. The van der Waals surface area contributed by atoms with Crippen LogP contribution in [-0.4, -0.2) is 7.85 Å². The van der Waals surface area contributed by atoms with Crippen molar-refractivity contribution < 1.29 is 4.42 Å². The Morgan fingerprint density at radius 3 is 2.21 bits per heavy atom. The van der Waals surface area contributed by atoms with Gasteiger partial charge in [0.1, 0.15) is 13.6 Å². The zero-order chi connectivity index (χ0) is 10.1. The monoisotopic (exact) mass is 184 g/mol. The summed E-state index contributed by atoms with van der Waals surface area (Å²) in [6.07, 6.45) is 1.81. The Bertz CT molecular complexity index is 440. The molecule has 0 saturated carbocycles. The van der Waals surface area contributed by atoms with Crippen molar-refractivity contribution in [3.8, 4) is 11.3 Å². The van der Waals surface area contributed by atoms with Crippen LogP contribution in [0, 0.1) is 13.8 Å². The number of hydrogen-bond acceptors (Lipinski definition) is 1.